The molecule has 2 bridgehead atoms. The minimum atomic E-state index is -0.959. The highest BCUT2D eigenvalue weighted by Gasteiger charge is 2.58. The Bertz CT molecular complexity index is 1200. The lowest BCUT2D eigenvalue weighted by Gasteiger charge is -2.61. The van der Waals surface area contributed by atoms with Crippen LogP contribution in [-0.2, 0) is 10.3 Å². The molecule has 0 N–H and O–H groups in total. The van der Waals surface area contributed by atoms with Gasteiger partial charge < -0.3 is 4.74 Å². The van der Waals surface area contributed by atoms with Crippen molar-refractivity contribution < 1.29 is 9.13 Å². The third-order valence-corrected chi connectivity index (χ3v) is 8.85. The van der Waals surface area contributed by atoms with Crippen LogP contribution in [0.15, 0.2) is 30.7 Å². The molecule has 3 aromatic rings. The van der Waals surface area contributed by atoms with E-state index in [4.69, 9.17) is 16.3 Å². The standard InChI is InChI=1S/C24H27ClFN5O/c1-23(13-32-14-23)29-3-2-18(21(26)12-29)19-5-22-16(4-20(19)25)9-28-31(22)17-10-27-30(11-17)24-6-15(7-24)8-24/h4-5,9-11,15,18,21H,2-3,6-8,12-14H2,1H3/t15?,18-,21+,24?/m1/s1. The van der Waals surface area contributed by atoms with Crippen molar-refractivity contribution in [2.75, 3.05) is 26.3 Å². The monoisotopic (exact) mass is 455 g/mol. The van der Waals surface area contributed by atoms with Gasteiger partial charge in [0.1, 0.15) is 11.9 Å². The van der Waals surface area contributed by atoms with E-state index in [1.165, 1.54) is 19.3 Å². The smallest absolute Gasteiger partial charge is 0.120 e. The Morgan fingerprint density at radius 2 is 1.97 bits per heavy atom. The summed E-state index contributed by atoms with van der Waals surface area (Å²) in [6.45, 7) is 4.81. The van der Waals surface area contributed by atoms with E-state index < -0.39 is 6.17 Å². The van der Waals surface area contributed by atoms with Crippen molar-refractivity contribution in [3.05, 3.63) is 41.3 Å². The first kappa shape index (κ1) is 19.5. The molecule has 3 aliphatic carbocycles. The number of hydrogen-bond donors (Lipinski definition) is 0. The SMILES string of the molecule is CC1(N2CC[C@H](c3cc4c(cnn4-c4cnn(C56CC(C5)C6)c4)cc3Cl)[C@@H](F)C2)COC1. The number of piperidine rings is 1. The molecule has 0 radical (unpaired) electrons. The summed E-state index contributed by atoms with van der Waals surface area (Å²) < 4.78 is 24.8. The van der Waals surface area contributed by atoms with Crippen LogP contribution in [0.3, 0.4) is 0 Å². The molecular weight excluding hydrogens is 429 g/mol. The molecule has 2 aliphatic heterocycles. The second-order valence-electron chi connectivity index (χ2n) is 10.7. The molecule has 2 atom stereocenters. The lowest BCUT2D eigenvalue weighted by atomic mass is 9.50. The Hall–Kier alpha value is -1.96. The highest BCUT2D eigenvalue weighted by molar-refractivity contribution is 6.32. The molecule has 2 saturated heterocycles. The summed E-state index contributed by atoms with van der Waals surface area (Å²) in [6.07, 6.45) is 9.35. The topological polar surface area (TPSA) is 48.1 Å². The number of nitrogens with zero attached hydrogens (tertiary/aromatic N) is 5. The van der Waals surface area contributed by atoms with E-state index in [1.807, 2.05) is 29.2 Å². The first-order valence-corrected chi connectivity index (χ1v) is 12.0. The number of hydrogen-bond acceptors (Lipinski definition) is 4. The highest BCUT2D eigenvalue weighted by atomic mass is 35.5. The zero-order chi connectivity index (χ0) is 21.7. The van der Waals surface area contributed by atoms with Crippen molar-refractivity contribution >= 4 is 22.5 Å². The van der Waals surface area contributed by atoms with Gasteiger partial charge in [-0.25, -0.2) is 9.07 Å². The van der Waals surface area contributed by atoms with Crippen LogP contribution in [0.4, 0.5) is 4.39 Å². The molecule has 2 aromatic heterocycles. The maximum Gasteiger partial charge on any atom is 0.120 e. The van der Waals surface area contributed by atoms with Crippen LogP contribution in [0.5, 0.6) is 0 Å². The Labute approximate surface area is 191 Å². The maximum absolute atomic E-state index is 15.4. The molecule has 32 heavy (non-hydrogen) atoms. The van der Waals surface area contributed by atoms with Gasteiger partial charge in [0.25, 0.3) is 0 Å². The molecule has 1 aromatic carbocycles. The van der Waals surface area contributed by atoms with Gasteiger partial charge in [-0.05, 0) is 62.8 Å². The first-order valence-electron chi connectivity index (χ1n) is 11.6. The fourth-order valence-corrected chi connectivity index (χ4v) is 6.59. The van der Waals surface area contributed by atoms with Crippen LogP contribution in [-0.4, -0.2) is 62.5 Å². The van der Waals surface area contributed by atoms with E-state index in [0.717, 1.165) is 41.0 Å². The quantitative estimate of drug-likeness (QED) is 0.588. The van der Waals surface area contributed by atoms with Crippen molar-refractivity contribution in [2.45, 2.75) is 55.8 Å². The lowest BCUT2D eigenvalue weighted by molar-refractivity contribution is -0.143. The van der Waals surface area contributed by atoms with Gasteiger partial charge in [0.15, 0.2) is 0 Å². The minimum Gasteiger partial charge on any atom is -0.377 e. The van der Waals surface area contributed by atoms with Gasteiger partial charge in [0.05, 0.1) is 48.4 Å². The third-order valence-electron chi connectivity index (χ3n) is 8.52. The fourth-order valence-electron chi connectivity index (χ4n) is 6.27. The van der Waals surface area contributed by atoms with Crippen molar-refractivity contribution in [3.8, 4) is 5.69 Å². The van der Waals surface area contributed by atoms with Gasteiger partial charge in [-0.2, -0.15) is 10.2 Å². The Morgan fingerprint density at radius 3 is 2.62 bits per heavy atom. The van der Waals surface area contributed by atoms with Crippen LogP contribution < -0.4 is 0 Å². The molecular formula is C24H27ClFN5O. The van der Waals surface area contributed by atoms with Gasteiger partial charge in [0.2, 0.25) is 0 Å². The zero-order valence-electron chi connectivity index (χ0n) is 18.2. The Kier molecular flexibility index (Phi) is 3.99. The van der Waals surface area contributed by atoms with Crippen LogP contribution in [0, 0.1) is 5.92 Å². The summed E-state index contributed by atoms with van der Waals surface area (Å²) in [4.78, 5) is 2.24. The van der Waals surface area contributed by atoms with E-state index >= 15 is 4.39 Å². The van der Waals surface area contributed by atoms with E-state index in [0.29, 0.717) is 24.8 Å². The van der Waals surface area contributed by atoms with Crippen LogP contribution in [0.25, 0.3) is 16.6 Å². The maximum atomic E-state index is 15.4. The van der Waals surface area contributed by atoms with Gasteiger partial charge in [-0.3, -0.25) is 9.58 Å². The molecule has 5 aliphatic rings. The highest BCUT2D eigenvalue weighted by Crippen LogP contribution is 2.62. The van der Waals surface area contributed by atoms with Gasteiger partial charge in [-0.15, -0.1) is 0 Å². The largest absolute Gasteiger partial charge is 0.377 e. The number of likely N-dealkylation sites (tertiary alicyclic amines) is 1. The number of halogens is 2. The molecule has 4 heterocycles. The summed E-state index contributed by atoms with van der Waals surface area (Å²) in [5.74, 6) is 0.692. The van der Waals surface area contributed by atoms with Gasteiger partial charge in [0, 0.05) is 22.9 Å². The van der Waals surface area contributed by atoms with Gasteiger partial charge in [-0.1, -0.05) is 11.6 Å². The molecule has 0 amide bonds. The van der Waals surface area contributed by atoms with E-state index in [1.54, 1.807) is 0 Å². The van der Waals surface area contributed by atoms with Crippen molar-refractivity contribution in [3.63, 3.8) is 0 Å². The molecule has 5 fully saturated rings. The molecule has 6 nitrogen and oxygen atoms in total. The van der Waals surface area contributed by atoms with E-state index in [2.05, 4.69) is 32.9 Å². The molecule has 168 valence electrons. The Balaban J connectivity index is 1.20. The number of benzene rings is 1. The minimum absolute atomic E-state index is 0.0256. The summed E-state index contributed by atoms with van der Waals surface area (Å²) >= 11 is 6.66. The average molecular weight is 456 g/mol. The first-order chi connectivity index (χ1) is 15.4. The predicted molar refractivity (Wildman–Crippen MR) is 120 cm³/mol. The molecule has 3 saturated carbocycles. The summed E-state index contributed by atoms with van der Waals surface area (Å²) in [7, 11) is 0. The summed E-state index contributed by atoms with van der Waals surface area (Å²) in [5.41, 5.74) is 3.01. The average Bonchev–Trinajstić information content (AvgIpc) is 3.30. The third kappa shape index (κ3) is 2.65. The predicted octanol–water partition coefficient (Wildman–Crippen LogP) is 4.30. The molecule has 8 heteroatoms. The van der Waals surface area contributed by atoms with Crippen LogP contribution in [0.2, 0.25) is 5.02 Å². The molecule has 0 unspecified atom stereocenters. The van der Waals surface area contributed by atoms with E-state index in [-0.39, 0.29) is 17.0 Å². The van der Waals surface area contributed by atoms with E-state index in [9.17, 15) is 0 Å². The lowest BCUT2D eigenvalue weighted by Crippen LogP contribution is -2.63. The second kappa shape index (κ2) is 6.55. The Morgan fingerprint density at radius 1 is 1.16 bits per heavy atom. The summed E-state index contributed by atoms with van der Waals surface area (Å²) in [5, 5.41) is 10.9. The van der Waals surface area contributed by atoms with Crippen LogP contribution in [0.1, 0.15) is 44.1 Å². The normalized spacial score (nSPS) is 33.5. The number of aromatic nitrogens is 4. The number of rotatable bonds is 4. The second-order valence-corrected chi connectivity index (χ2v) is 11.1. The number of ether oxygens (including phenoxy) is 1. The number of alkyl halides is 1. The molecule has 8 rings (SSSR count). The summed E-state index contributed by atoms with van der Waals surface area (Å²) in [6, 6.07) is 3.98. The molecule has 0 spiro atoms. The van der Waals surface area contributed by atoms with Crippen LogP contribution >= 0.6 is 11.6 Å². The van der Waals surface area contributed by atoms with Crippen molar-refractivity contribution in [1.29, 1.82) is 0 Å². The van der Waals surface area contributed by atoms with Gasteiger partial charge >= 0.3 is 0 Å². The zero-order valence-corrected chi connectivity index (χ0v) is 18.9. The van der Waals surface area contributed by atoms with Crippen molar-refractivity contribution in [2.24, 2.45) is 5.92 Å². The fraction of sp³-hybridized carbons (Fsp3) is 0.583. The number of fused-ring (bicyclic) bond motifs is 1. The van der Waals surface area contributed by atoms with Crippen molar-refractivity contribution in [1.82, 2.24) is 24.5 Å².